The van der Waals surface area contributed by atoms with Gasteiger partial charge in [-0.25, -0.2) is 49.6 Å². The van der Waals surface area contributed by atoms with Crippen molar-refractivity contribution in [3.8, 4) is 28.7 Å². The molecule has 147 heavy (non-hydrogen) atoms. The average molecular weight is 2120 g/mol. The smallest absolute Gasteiger partial charge is 0.419 e. The number of benzene rings is 5. The van der Waals surface area contributed by atoms with Crippen LogP contribution >= 0.6 is 23.5 Å². The maximum absolute atomic E-state index is 14.1. The summed E-state index contributed by atoms with van der Waals surface area (Å²) in [4.78, 5) is 155. The summed E-state index contributed by atoms with van der Waals surface area (Å²) in [5.41, 5.74) is 2.13. The molecule has 9 heterocycles. The molecule has 788 valence electrons. The van der Waals surface area contributed by atoms with Gasteiger partial charge in [-0.2, -0.15) is 0 Å². The molecule has 38 nitrogen and oxygen atoms in total. The Morgan fingerprint density at radius 2 is 0.721 bits per heavy atom. The molecular weight excluding hydrogens is 2000 g/mol. The van der Waals surface area contributed by atoms with Crippen LogP contribution in [0.3, 0.4) is 0 Å². The lowest BCUT2D eigenvalue weighted by Crippen LogP contribution is -2.51. The second-order valence-corrected chi connectivity index (χ2v) is 47.6. The number of carboxylic acids is 4. The first-order chi connectivity index (χ1) is 70.0. The molecule has 5 aliphatic carbocycles. The molecule has 0 spiro atoms. The number of ether oxygens (including phenoxy) is 6. The van der Waals surface area contributed by atoms with E-state index in [-0.39, 0.29) is 29.6 Å². The van der Waals surface area contributed by atoms with Crippen LogP contribution in [0.2, 0.25) is 0 Å². The molecule has 5 saturated carbocycles. The van der Waals surface area contributed by atoms with Crippen molar-refractivity contribution in [2.75, 3.05) is 104 Å². The highest BCUT2D eigenvalue weighted by Crippen LogP contribution is 2.50. The number of carbonyl (C=O) groups excluding carboxylic acids is 7. The Balaban J connectivity index is 0.000000146. The number of nitrogens with one attached hydrogen (secondary N) is 4. The lowest BCUT2D eigenvalue weighted by atomic mass is 9.77. The number of H-pyrrole nitrogens is 1. The molecule has 5 aromatic carbocycles. The third-order valence-corrected chi connectivity index (χ3v) is 35.5. The number of carboxylic acid groups (broad SMARTS) is 4. The molecular formula is C104H125N11O27S5. The molecule has 4 aromatic heterocycles. The quantitative estimate of drug-likeness (QED) is 0.0312. The fraction of sp³-hybridized carbons (Fsp3) is 0.471. The van der Waals surface area contributed by atoms with Crippen LogP contribution in [0, 0.1) is 0 Å². The minimum absolute atomic E-state index is 0.0300. The van der Waals surface area contributed by atoms with Crippen molar-refractivity contribution in [2.24, 2.45) is 0 Å². The van der Waals surface area contributed by atoms with Gasteiger partial charge in [0.2, 0.25) is 35.4 Å². The molecule has 5 saturated heterocycles. The number of fused-ring (bicyclic) bond motifs is 2. The maximum Gasteiger partial charge on any atom is 0.419 e. The third-order valence-electron chi connectivity index (χ3n) is 29.1. The van der Waals surface area contributed by atoms with Crippen molar-refractivity contribution < 1.29 is 127 Å². The summed E-state index contributed by atoms with van der Waals surface area (Å²) in [6.45, 7) is 5.31. The van der Waals surface area contributed by atoms with E-state index in [1.165, 1.54) is 38.4 Å². The van der Waals surface area contributed by atoms with Crippen molar-refractivity contribution in [3.05, 3.63) is 198 Å². The Kier molecular flexibility index (Phi) is 34.6. The number of hydrogen-bond acceptors (Lipinski definition) is 28. The lowest BCUT2D eigenvalue weighted by Gasteiger charge is -2.34. The molecule has 5 aliphatic heterocycles. The number of thioether (sulfide) groups is 2. The van der Waals surface area contributed by atoms with Crippen LogP contribution in [-0.2, 0) is 109 Å². The number of methoxy groups -OCH3 is 5. The van der Waals surface area contributed by atoms with Gasteiger partial charge in [-0.1, -0.05) is 125 Å². The SMILES string of the molecule is COc1ccc(C2(C(=O)N3CS(=O)(=O)C[C@@H]3C(=O)Nc3ccc4[nH]ccc4n3)CCCC2)cc1.COc1ccc(C2(C(=O)N3CS(=O)(=O)C[C@@H]3C(=O)Nc3ccc4c(ccn4C(=O)OC(C)(C)C)n3)CCCC2)cc1.COc1ccc(C2(C(=O)N3CS(=O)(=O)C[C@@H]3C(=O)O)CCCC2)cc1.COc1ccc(C2(C(=O)N3CSC[C@@H]3C(=O)O)CCCC2)cc1.COc1ccc(C2(C(=O)O)CCCC2)cc1.O=C(O)[C@H]1CSCN1. The van der Waals surface area contributed by atoms with Crippen molar-refractivity contribution in [3.63, 3.8) is 0 Å². The highest BCUT2D eigenvalue weighted by molar-refractivity contribution is 7.99. The van der Waals surface area contributed by atoms with Gasteiger partial charge in [-0.05, 0) is 210 Å². The molecule has 0 unspecified atom stereocenters. The Labute approximate surface area is 861 Å². The molecule has 10 aliphatic rings. The van der Waals surface area contributed by atoms with Gasteiger partial charge in [0.05, 0.1) is 108 Å². The van der Waals surface area contributed by atoms with Gasteiger partial charge in [0.25, 0.3) is 0 Å². The van der Waals surface area contributed by atoms with Crippen LogP contribution in [-0.4, -0.2) is 280 Å². The molecule has 0 bridgehead atoms. The Morgan fingerprint density at radius 1 is 0.388 bits per heavy atom. The fourth-order valence-electron chi connectivity index (χ4n) is 21.4. The van der Waals surface area contributed by atoms with E-state index in [2.05, 4.69) is 30.9 Å². The summed E-state index contributed by atoms with van der Waals surface area (Å²) in [5, 5.41) is 44.7. The minimum atomic E-state index is -3.68. The molecule has 0 radical (unpaired) electrons. The average Bonchev–Trinajstić information content (AvgIpc) is 1.64. The standard InChI is InChI=1S/C29H34N4O7S.C24H26N4O5S.C17H21NO6S.C17H21NO4S.C13H16O3.C4H7NO2S/c1-28(2,3)40-27(36)32-16-13-21-22(32)11-12-24(30-21)31-25(34)23-17-41(37,38)18-33(23)26(35)29(14-5-6-15-29)19-7-9-20(39-4)10-8-19;1-33-17-6-4-16(5-7-17)24(11-2-3-12-24)23(30)28-15-34(31,32)14-20(28)22(29)27-21-9-8-18-19(26-21)10-13-25-18;1-24-13-6-4-12(5-7-13)17(8-2-3-9-17)16(21)18-11-25(22,23)10-14(18)15(19)20;1-22-13-6-4-12(5-7-13)17(8-2-3-9-17)16(21)18-11-23-10-14(18)15(19)20;1-16-11-6-4-10(5-7-11)13(12(14)15)8-2-3-9-13;6-4(7)3-1-8-2-5-3/h7-13,16,23H,5-6,14-15,17-18H2,1-4H3,(H,30,31,34);4-10,13,20,25H,2-3,11-12,14-15H2,1H3,(H,26,27,29);4-7,14H,2-3,8-11H2,1H3,(H,19,20);4-7,14H,2-3,8-11H2,1H3,(H,19,20);4-7H,2-3,8-9H2,1H3,(H,14,15);3,5H,1-2H2,(H,6,7)/t23-;20-;2*14-;;3-/m1111.1/s1. The summed E-state index contributed by atoms with van der Waals surface area (Å²) in [6, 6.07) is 42.1. The first kappa shape index (κ1) is 110. The predicted molar refractivity (Wildman–Crippen MR) is 551 cm³/mol. The highest BCUT2D eigenvalue weighted by atomic mass is 32.2. The summed E-state index contributed by atoms with van der Waals surface area (Å²) in [5.74, 6) is -2.43. The minimum Gasteiger partial charge on any atom is -0.497 e. The zero-order valence-corrected chi connectivity index (χ0v) is 87.2. The zero-order valence-electron chi connectivity index (χ0n) is 83.1. The lowest BCUT2D eigenvalue weighted by molar-refractivity contribution is -0.150. The molecule has 9 aromatic rings. The van der Waals surface area contributed by atoms with Gasteiger partial charge >= 0.3 is 30.0 Å². The predicted octanol–water partition coefficient (Wildman–Crippen LogP) is 12.5. The zero-order chi connectivity index (χ0) is 106. The Bertz CT molecular complexity index is 6670. The fourth-order valence-corrected chi connectivity index (χ4v) is 28.3. The van der Waals surface area contributed by atoms with Gasteiger partial charge in [-0.15, -0.1) is 23.5 Å². The van der Waals surface area contributed by atoms with E-state index < -0.39 is 169 Å². The second-order valence-electron chi connectivity index (χ2n) is 39.3. The maximum atomic E-state index is 14.1. The van der Waals surface area contributed by atoms with Crippen LogP contribution in [0.4, 0.5) is 16.4 Å². The largest absolute Gasteiger partial charge is 0.497 e. The molecule has 5 atom stereocenters. The van der Waals surface area contributed by atoms with Crippen LogP contribution in [0.25, 0.3) is 22.1 Å². The van der Waals surface area contributed by atoms with Gasteiger partial charge in [-0.3, -0.25) is 48.2 Å². The van der Waals surface area contributed by atoms with E-state index >= 15 is 0 Å². The number of aliphatic carboxylic acids is 4. The first-order valence-corrected chi connectivity index (χ1v) is 56.4. The van der Waals surface area contributed by atoms with Crippen molar-refractivity contribution >= 4 is 152 Å². The molecule has 6 amide bonds. The number of hydrogen-bond donors (Lipinski definition) is 8. The van der Waals surface area contributed by atoms with Crippen LogP contribution in [0.1, 0.15) is 177 Å². The molecule has 10 fully saturated rings. The number of aromatic nitrogens is 4. The number of amides is 6. The van der Waals surface area contributed by atoms with E-state index in [1.807, 2.05) is 84.9 Å². The summed E-state index contributed by atoms with van der Waals surface area (Å²) in [6.07, 6.45) is 18.3. The van der Waals surface area contributed by atoms with E-state index in [1.54, 1.807) is 146 Å². The topological polar surface area (TPSA) is 522 Å². The second kappa shape index (κ2) is 46.3. The van der Waals surface area contributed by atoms with Gasteiger partial charge < -0.3 is 84.1 Å². The summed E-state index contributed by atoms with van der Waals surface area (Å²) < 4.78 is 107. The number of sulfone groups is 3. The van der Waals surface area contributed by atoms with E-state index in [4.69, 9.17) is 33.5 Å². The third kappa shape index (κ3) is 24.6. The molecule has 43 heteroatoms. The van der Waals surface area contributed by atoms with Gasteiger partial charge in [0.1, 0.15) is 93.8 Å². The van der Waals surface area contributed by atoms with Gasteiger partial charge in [0, 0.05) is 29.8 Å². The van der Waals surface area contributed by atoms with E-state index in [0.717, 1.165) is 146 Å². The number of aromatic amines is 1. The van der Waals surface area contributed by atoms with Crippen molar-refractivity contribution in [1.29, 1.82) is 0 Å². The van der Waals surface area contributed by atoms with E-state index in [0.29, 0.717) is 95.5 Å². The number of carbonyl (C=O) groups is 11. The summed E-state index contributed by atoms with van der Waals surface area (Å²) >= 11 is 3.13. The van der Waals surface area contributed by atoms with Crippen molar-refractivity contribution in [1.82, 2.24) is 44.4 Å². The van der Waals surface area contributed by atoms with Crippen LogP contribution in [0.15, 0.2) is 170 Å². The number of nitrogens with zero attached hydrogens (tertiary/aromatic N) is 7. The van der Waals surface area contributed by atoms with E-state index in [9.17, 15) is 93.3 Å². The molecule has 19 rings (SSSR count). The Hall–Kier alpha value is -12.8. The number of anilines is 2. The van der Waals surface area contributed by atoms with Crippen LogP contribution in [0.5, 0.6) is 28.7 Å². The normalized spacial score (nSPS) is 21.6. The monoisotopic (exact) mass is 2120 g/mol. The first-order valence-electron chi connectivity index (χ1n) is 48.7. The number of rotatable bonds is 22. The number of pyridine rings is 2. The van der Waals surface area contributed by atoms with Gasteiger partial charge in [0.15, 0.2) is 29.5 Å². The highest BCUT2D eigenvalue weighted by Gasteiger charge is 2.57. The summed E-state index contributed by atoms with van der Waals surface area (Å²) in [7, 11) is -2.95. The van der Waals surface area contributed by atoms with Crippen LogP contribution < -0.4 is 39.6 Å². The Morgan fingerprint density at radius 3 is 1.05 bits per heavy atom. The molecule has 8 N–H and O–H groups in total. The van der Waals surface area contributed by atoms with Crippen molar-refractivity contribution in [2.45, 2.75) is 212 Å².